The molecule has 0 aliphatic carbocycles. The van der Waals surface area contributed by atoms with Gasteiger partial charge in [-0.15, -0.1) is 0 Å². The van der Waals surface area contributed by atoms with E-state index in [-0.39, 0.29) is 23.0 Å². The van der Waals surface area contributed by atoms with E-state index in [1.807, 2.05) is 48.5 Å². The van der Waals surface area contributed by atoms with Crippen LogP contribution >= 0.6 is 11.8 Å². The van der Waals surface area contributed by atoms with Crippen molar-refractivity contribution < 1.29 is 9.72 Å². The van der Waals surface area contributed by atoms with Crippen LogP contribution in [-0.2, 0) is 11.2 Å². The first-order chi connectivity index (χ1) is 15.6. The van der Waals surface area contributed by atoms with Crippen LogP contribution in [-0.4, -0.2) is 26.6 Å². The molecule has 0 aliphatic rings. The predicted octanol–water partition coefficient (Wildman–Crippen LogP) is 5.50. The Labute approximate surface area is 189 Å². The highest BCUT2D eigenvalue weighted by molar-refractivity contribution is 8.00. The van der Waals surface area contributed by atoms with Crippen LogP contribution in [0.15, 0.2) is 77.8 Å². The number of hydrogen-bond donors (Lipinski definition) is 1. The first-order valence-electron chi connectivity index (χ1n) is 10.1. The van der Waals surface area contributed by atoms with Crippen molar-refractivity contribution in [2.75, 3.05) is 11.1 Å². The number of nitrogens with one attached hydrogen (secondary N) is 1. The van der Waals surface area contributed by atoms with Crippen molar-refractivity contribution in [1.29, 1.82) is 0 Å². The van der Waals surface area contributed by atoms with Gasteiger partial charge in [0, 0.05) is 17.0 Å². The van der Waals surface area contributed by atoms with Crippen LogP contribution in [0.2, 0.25) is 0 Å². The van der Waals surface area contributed by atoms with Crippen LogP contribution in [0.3, 0.4) is 0 Å². The second-order valence-electron chi connectivity index (χ2n) is 7.00. The second-order valence-corrected chi connectivity index (χ2v) is 7.96. The van der Waals surface area contributed by atoms with Gasteiger partial charge in [-0.2, -0.15) is 0 Å². The molecule has 0 saturated carbocycles. The third kappa shape index (κ3) is 4.60. The first-order valence-corrected chi connectivity index (χ1v) is 11.1. The maximum Gasteiger partial charge on any atom is 0.292 e. The number of rotatable bonds is 7. The molecule has 0 spiro atoms. The Balaban J connectivity index is 1.64. The van der Waals surface area contributed by atoms with Crippen LogP contribution in [0.25, 0.3) is 22.3 Å². The van der Waals surface area contributed by atoms with E-state index in [2.05, 4.69) is 12.2 Å². The van der Waals surface area contributed by atoms with Crippen molar-refractivity contribution >= 4 is 39.9 Å². The maximum atomic E-state index is 12.6. The summed E-state index contributed by atoms with van der Waals surface area (Å²) in [6, 6.07) is 21.7. The van der Waals surface area contributed by atoms with Crippen LogP contribution in [0, 0.1) is 10.1 Å². The van der Waals surface area contributed by atoms with E-state index in [1.54, 1.807) is 12.1 Å². The molecule has 1 N–H and O–H groups in total. The topological polar surface area (TPSA) is 98.0 Å². The molecule has 0 atom stereocenters. The number of aromatic nitrogens is 2. The summed E-state index contributed by atoms with van der Waals surface area (Å²) in [6.45, 7) is 2.08. The first kappa shape index (κ1) is 21.5. The fourth-order valence-electron chi connectivity index (χ4n) is 3.35. The fraction of sp³-hybridized carbons (Fsp3) is 0.125. The molecule has 4 rings (SSSR count). The molecule has 0 fully saturated rings. The number of para-hydroxylation sites is 3. The molecule has 7 nitrogen and oxygen atoms in total. The highest BCUT2D eigenvalue weighted by Gasteiger charge is 2.17. The van der Waals surface area contributed by atoms with Gasteiger partial charge >= 0.3 is 0 Å². The van der Waals surface area contributed by atoms with E-state index in [1.165, 1.54) is 23.9 Å². The molecule has 1 amide bonds. The Kier molecular flexibility index (Phi) is 6.42. The third-order valence-electron chi connectivity index (χ3n) is 4.90. The smallest absolute Gasteiger partial charge is 0.292 e. The number of carbonyl (C=O) groups excluding carboxylic acids is 1. The summed E-state index contributed by atoms with van der Waals surface area (Å²) >= 11 is 1.29. The van der Waals surface area contributed by atoms with Crippen LogP contribution in [0.1, 0.15) is 12.5 Å². The minimum Gasteiger partial charge on any atom is -0.320 e. The van der Waals surface area contributed by atoms with Gasteiger partial charge in [0.25, 0.3) is 5.69 Å². The van der Waals surface area contributed by atoms with Crippen molar-refractivity contribution in [3.63, 3.8) is 0 Å². The number of benzene rings is 3. The van der Waals surface area contributed by atoms with Crippen molar-refractivity contribution in [1.82, 2.24) is 9.97 Å². The normalized spacial score (nSPS) is 10.8. The van der Waals surface area contributed by atoms with Crippen molar-refractivity contribution in [2.24, 2.45) is 0 Å². The number of carbonyl (C=O) groups is 1. The Hall–Kier alpha value is -3.78. The van der Waals surface area contributed by atoms with Gasteiger partial charge in [-0.05, 0) is 18.1 Å². The van der Waals surface area contributed by atoms with Gasteiger partial charge in [-0.1, -0.05) is 79.3 Å². The maximum absolute atomic E-state index is 12.6. The molecular weight excluding hydrogens is 424 g/mol. The number of fused-ring (bicyclic) bond motifs is 1. The lowest BCUT2D eigenvalue weighted by molar-refractivity contribution is -0.383. The summed E-state index contributed by atoms with van der Waals surface area (Å²) in [5, 5.41) is 15.4. The molecule has 0 bridgehead atoms. The van der Waals surface area contributed by atoms with E-state index in [4.69, 9.17) is 9.97 Å². The summed E-state index contributed by atoms with van der Waals surface area (Å²) in [5.74, 6) is 0.313. The van der Waals surface area contributed by atoms with Crippen LogP contribution < -0.4 is 5.32 Å². The summed E-state index contributed by atoms with van der Waals surface area (Å²) in [7, 11) is 0. The zero-order chi connectivity index (χ0) is 22.5. The van der Waals surface area contributed by atoms with Gasteiger partial charge in [-0.25, -0.2) is 9.97 Å². The van der Waals surface area contributed by atoms with E-state index < -0.39 is 4.92 Å². The van der Waals surface area contributed by atoms with E-state index in [0.29, 0.717) is 10.9 Å². The second kappa shape index (κ2) is 9.57. The van der Waals surface area contributed by atoms with Gasteiger partial charge < -0.3 is 5.32 Å². The van der Waals surface area contributed by atoms with Crippen molar-refractivity contribution in [3.8, 4) is 11.4 Å². The summed E-state index contributed by atoms with van der Waals surface area (Å²) < 4.78 is 0. The standard InChI is InChI=1S/C24H20N4O3S/c1-2-16-11-8-12-18-22(16)26-23(17-9-4-3-5-10-17)27-24(18)32-15-21(29)25-19-13-6-7-14-20(19)28(30)31/h3-14H,2,15H2,1H3,(H,25,29). The molecular formula is C24H20N4O3S. The van der Waals surface area contributed by atoms with E-state index in [9.17, 15) is 14.9 Å². The van der Waals surface area contributed by atoms with Gasteiger partial charge in [0.2, 0.25) is 5.91 Å². The van der Waals surface area contributed by atoms with Crippen molar-refractivity contribution in [3.05, 3.63) is 88.5 Å². The molecule has 160 valence electrons. The number of thioether (sulfide) groups is 1. The number of nitro groups is 1. The quantitative estimate of drug-likeness (QED) is 0.175. The highest BCUT2D eigenvalue weighted by atomic mass is 32.2. The largest absolute Gasteiger partial charge is 0.320 e. The van der Waals surface area contributed by atoms with E-state index >= 15 is 0 Å². The third-order valence-corrected chi connectivity index (χ3v) is 5.89. The zero-order valence-electron chi connectivity index (χ0n) is 17.3. The molecule has 0 saturated heterocycles. The lowest BCUT2D eigenvalue weighted by atomic mass is 10.1. The summed E-state index contributed by atoms with van der Waals surface area (Å²) in [4.78, 5) is 32.8. The lowest BCUT2D eigenvalue weighted by Crippen LogP contribution is -2.15. The molecule has 1 aromatic heterocycles. The van der Waals surface area contributed by atoms with Gasteiger partial charge in [-0.3, -0.25) is 14.9 Å². The molecule has 0 aliphatic heterocycles. The molecule has 3 aromatic carbocycles. The SMILES string of the molecule is CCc1cccc2c(SCC(=O)Nc3ccccc3[N+](=O)[O-])nc(-c3ccccc3)nc12. The molecule has 32 heavy (non-hydrogen) atoms. The Morgan fingerprint density at radius 2 is 1.75 bits per heavy atom. The molecule has 1 heterocycles. The van der Waals surface area contributed by atoms with Gasteiger partial charge in [0.1, 0.15) is 10.7 Å². The number of anilines is 1. The minimum absolute atomic E-state index is 0.0583. The number of nitro benzene ring substituents is 1. The fourth-order valence-corrected chi connectivity index (χ4v) is 4.16. The number of hydrogen-bond acceptors (Lipinski definition) is 6. The molecule has 8 heteroatoms. The number of nitrogens with zero attached hydrogens (tertiary/aromatic N) is 3. The van der Waals surface area contributed by atoms with Crippen LogP contribution in [0.4, 0.5) is 11.4 Å². The Morgan fingerprint density at radius 1 is 1.00 bits per heavy atom. The molecule has 0 unspecified atom stereocenters. The van der Waals surface area contributed by atoms with Crippen LogP contribution in [0.5, 0.6) is 0 Å². The number of amides is 1. The summed E-state index contributed by atoms with van der Waals surface area (Å²) in [6.07, 6.45) is 0.824. The Bertz CT molecular complexity index is 1300. The molecule has 0 radical (unpaired) electrons. The van der Waals surface area contributed by atoms with Gasteiger partial charge in [0.05, 0.1) is 16.2 Å². The minimum atomic E-state index is -0.515. The predicted molar refractivity (Wildman–Crippen MR) is 127 cm³/mol. The summed E-state index contributed by atoms with van der Waals surface area (Å²) in [5.41, 5.74) is 2.90. The number of aryl methyl sites for hydroxylation is 1. The van der Waals surface area contributed by atoms with Gasteiger partial charge in [0.15, 0.2) is 5.82 Å². The Morgan fingerprint density at radius 3 is 2.50 bits per heavy atom. The van der Waals surface area contributed by atoms with E-state index in [0.717, 1.165) is 28.5 Å². The highest BCUT2D eigenvalue weighted by Crippen LogP contribution is 2.31. The lowest BCUT2D eigenvalue weighted by Gasteiger charge is -2.11. The average molecular weight is 445 g/mol. The molecule has 4 aromatic rings. The monoisotopic (exact) mass is 444 g/mol. The average Bonchev–Trinajstić information content (AvgIpc) is 2.82. The zero-order valence-corrected chi connectivity index (χ0v) is 18.1. The van der Waals surface area contributed by atoms with Crippen molar-refractivity contribution in [2.45, 2.75) is 18.4 Å².